The zero-order valence-electron chi connectivity index (χ0n) is 12.4. The first-order valence-corrected chi connectivity index (χ1v) is 7.26. The van der Waals surface area contributed by atoms with Crippen LogP contribution in [0.2, 0.25) is 0 Å². The van der Waals surface area contributed by atoms with Gasteiger partial charge in [-0.05, 0) is 30.7 Å². The maximum atomic E-state index is 5.81. The number of aromatic nitrogens is 3. The summed E-state index contributed by atoms with van der Waals surface area (Å²) in [4.78, 5) is 0. The van der Waals surface area contributed by atoms with Gasteiger partial charge in [-0.3, -0.25) is 0 Å². The first-order valence-electron chi connectivity index (χ1n) is 7.26. The lowest BCUT2D eigenvalue weighted by Crippen LogP contribution is -2.05. The van der Waals surface area contributed by atoms with Crippen LogP contribution in [0.5, 0.6) is 5.75 Å². The van der Waals surface area contributed by atoms with Crippen LogP contribution in [-0.2, 0) is 6.54 Å². The van der Waals surface area contributed by atoms with Gasteiger partial charge < -0.3 is 14.9 Å². The predicted octanol–water partition coefficient (Wildman–Crippen LogP) is 2.77. The minimum Gasteiger partial charge on any atom is -0.491 e. The lowest BCUT2D eigenvalue weighted by molar-refractivity contribution is 0.316. The summed E-state index contributed by atoms with van der Waals surface area (Å²) in [6.45, 7) is 3.00. The minimum atomic E-state index is 0.286. The molecule has 2 N–H and O–H groups in total. The van der Waals surface area contributed by atoms with Crippen molar-refractivity contribution in [1.82, 2.24) is 15.0 Å². The summed E-state index contributed by atoms with van der Waals surface area (Å²) < 4.78 is 13.0. The number of nitrogens with zero attached hydrogens (tertiary/aromatic N) is 3. The fourth-order valence-electron chi connectivity index (χ4n) is 2.25. The van der Waals surface area contributed by atoms with Gasteiger partial charge in [0.1, 0.15) is 22.8 Å². The molecule has 0 bridgehead atoms. The molecule has 6 heteroatoms. The number of rotatable bonds is 6. The molecule has 0 spiro atoms. The molecule has 0 aliphatic heterocycles. The van der Waals surface area contributed by atoms with Crippen molar-refractivity contribution in [2.75, 3.05) is 6.61 Å². The van der Waals surface area contributed by atoms with Crippen LogP contribution in [0.25, 0.3) is 17.1 Å². The highest BCUT2D eigenvalue weighted by atomic mass is 16.5. The van der Waals surface area contributed by atoms with Crippen LogP contribution < -0.4 is 10.5 Å². The van der Waals surface area contributed by atoms with Gasteiger partial charge in [0.05, 0.1) is 12.9 Å². The van der Waals surface area contributed by atoms with Crippen LogP contribution in [0, 0.1) is 0 Å². The molecule has 0 saturated carbocycles. The summed E-state index contributed by atoms with van der Waals surface area (Å²) in [5, 5.41) is 8.39. The maximum absolute atomic E-state index is 5.81. The van der Waals surface area contributed by atoms with E-state index in [-0.39, 0.29) is 6.54 Å². The average Bonchev–Trinajstić information content (AvgIpc) is 3.21. The summed E-state index contributed by atoms with van der Waals surface area (Å²) in [7, 11) is 0. The largest absolute Gasteiger partial charge is 0.491 e. The molecule has 0 atom stereocenters. The summed E-state index contributed by atoms with van der Waals surface area (Å²) in [6.07, 6.45) is 2.55. The highest BCUT2D eigenvalue weighted by molar-refractivity contribution is 5.61. The fourth-order valence-corrected chi connectivity index (χ4v) is 2.25. The van der Waals surface area contributed by atoms with Crippen molar-refractivity contribution in [1.29, 1.82) is 0 Å². The molecule has 6 nitrogen and oxygen atoms in total. The van der Waals surface area contributed by atoms with Crippen LogP contribution >= 0.6 is 0 Å². The van der Waals surface area contributed by atoms with E-state index in [9.17, 15) is 0 Å². The van der Waals surface area contributed by atoms with Gasteiger partial charge >= 0.3 is 0 Å². The average molecular weight is 298 g/mol. The van der Waals surface area contributed by atoms with E-state index in [0.29, 0.717) is 18.1 Å². The number of furan rings is 1. The van der Waals surface area contributed by atoms with Crippen molar-refractivity contribution in [2.45, 2.75) is 19.9 Å². The molecule has 0 aliphatic carbocycles. The standard InChI is InChI=1S/C16H18N4O2/c1-2-9-21-14-7-4-3-6-13(14)20-16(12(11-17)18-19-20)15-8-5-10-22-15/h3-8,10H,2,9,11,17H2,1H3. The molecule has 22 heavy (non-hydrogen) atoms. The topological polar surface area (TPSA) is 79.1 Å². The van der Waals surface area contributed by atoms with E-state index in [1.807, 2.05) is 36.4 Å². The molecule has 2 heterocycles. The monoisotopic (exact) mass is 298 g/mol. The van der Waals surface area contributed by atoms with Crippen LogP contribution in [0.1, 0.15) is 19.0 Å². The Balaban J connectivity index is 2.12. The third kappa shape index (κ3) is 2.60. The van der Waals surface area contributed by atoms with Gasteiger partial charge in [0, 0.05) is 6.54 Å². The first-order chi connectivity index (χ1) is 10.8. The van der Waals surface area contributed by atoms with E-state index in [0.717, 1.165) is 23.6 Å². The van der Waals surface area contributed by atoms with Crippen molar-refractivity contribution in [2.24, 2.45) is 5.73 Å². The van der Waals surface area contributed by atoms with Gasteiger partial charge in [0.2, 0.25) is 0 Å². The summed E-state index contributed by atoms with van der Waals surface area (Å²) >= 11 is 0. The molecular weight excluding hydrogens is 280 g/mol. The molecule has 3 aromatic rings. The lowest BCUT2D eigenvalue weighted by Gasteiger charge is -2.12. The Bertz CT molecular complexity index is 734. The highest BCUT2D eigenvalue weighted by Crippen LogP contribution is 2.30. The number of hydrogen-bond donors (Lipinski definition) is 1. The van der Waals surface area contributed by atoms with Crippen LogP contribution in [0.3, 0.4) is 0 Å². The Morgan fingerprint density at radius 3 is 2.82 bits per heavy atom. The van der Waals surface area contributed by atoms with E-state index < -0.39 is 0 Å². The lowest BCUT2D eigenvalue weighted by atomic mass is 10.2. The van der Waals surface area contributed by atoms with Crippen LogP contribution in [-0.4, -0.2) is 21.6 Å². The van der Waals surface area contributed by atoms with Gasteiger partial charge in [0.25, 0.3) is 0 Å². The fraction of sp³-hybridized carbons (Fsp3) is 0.250. The molecule has 3 rings (SSSR count). The molecule has 2 aromatic heterocycles. The quantitative estimate of drug-likeness (QED) is 0.757. The van der Waals surface area contributed by atoms with Gasteiger partial charge in [-0.2, -0.15) is 0 Å². The van der Waals surface area contributed by atoms with Crippen LogP contribution in [0.4, 0.5) is 0 Å². The third-order valence-electron chi connectivity index (χ3n) is 3.24. The second-order valence-corrected chi connectivity index (χ2v) is 4.79. The van der Waals surface area contributed by atoms with Crippen molar-refractivity contribution in [3.05, 3.63) is 48.4 Å². The Kier molecular flexibility index (Phi) is 4.20. The molecule has 0 amide bonds. The molecular formula is C16H18N4O2. The number of hydrogen-bond acceptors (Lipinski definition) is 5. The maximum Gasteiger partial charge on any atom is 0.154 e. The third-order valence-corrected chi connectivity index (χ3v) is 3.24. The van der Waals surface area contributed by atoms with Crippen molar-refractivity contribution in [3.63, 3.8) is 0 Å². The Labute approximate surface area is 128 Å². The normalized spacial score (nSPS) is 10.8. The Morgan fingerprint density at radius 1 is 1.23 bits per heavy atom. The highest BCUT2D eigenvalue weighted by Gasteiger charge is 2.19. The van der Waals surface area contributed by atoms with Crippen molar-refractivity contribution >= 4 is 0 Å². The van der Waals surface area contributed by atoms with Crippen molar-refractivity contribution in [3.8, 4) is 22.9 Å². The van der Waals surface area contributed by atoms with E-state index in [1.54, 1.807) is 10.9 Å². The minimum absolute atomic E-state index is 0.286. The molecule has 0 radical (unpaired) electrons. The zero-order chi connectivity index (χ0) is 15.4. The molecule has 114 valence electrons. The summed E-state index contributed by atoms with van der Waals surface area (Å²) in [6, 6.07) is 11.4. The van der Waals surface area contributed by atoms with E-state index in [2.05, 4.69) is 17.2 Å². The number of para-hydroxylation sites is 2. The Morgan fingerprint density at radius 2 is 2.09 bits per heavy atom. The predicted molar refractivity (Wildman–Crippen MR) is 82.7 cm³/mol. The van der Waals surface area contributed by atoms with Gasteiger partial charge in [-0.1, -0.05) is 24.3 Å². The number of benzene rings is 1. The first kappa shape index (κ1) is 14.3. The summed E-state index contributed by atoms with van der Waals surface area (Å²) in [5.41, 5.74) is 8.02. The van der Waals surface area contributed by atoms with E-state index >= 15 is 0 Å². The van der Waals surface area contributed by atoms with Gasteiger partial charge in [-0.15, -0.1) is 5.10 Å². The number of ether oxygens (including phenoxy) is 1. The Hall–Kier alpha value is -2.60. The molecule has 0 saturated heterocycles. The van der Waals surface area contributed by atoms with Gasteiger partial charge in [0.15, 0.2) is 5.76 Å². The SMILES string of the molecule is CCCOc1ccccc1-n1nnc(CN)c1-c1ccco1. The van der Waals surface area contributed by atoms with E-state index in [4.69, 9.17) is 14.9 Å². The molecule has 0 fully saturated rings. The van der Waals surface area contributed by atoms with E-state index in [1.165, 1.54) is 0 Å². The second-order valence-electron chi connectivity index (χ2n) is 4.79. The molecule has 0 aliphatic rings. The molecule has 0 unspecified atom stereocenters. The number of nitrogens with two attached hydrogens (primary N) is 1. The van der Waals surface area contributed by atoms with Crippen LogP contribution in [0.15, 0.2) is 47.1 Å². The summed E-state index contributed by atoms with van der Waals surface area (Å²) in [5.74, 6) is 1.43. The smallest absolute Gasteiger partial charge is 0.154 e. The van der Waals surface area contributed by atoms with Gasteiger partial charge in [-0.25, -0.2) is 4.68 Å². The van der Waals surface area contributed by atoms with Crippen molar-refractivity contribution < 1.29 is 9.15 Å². The second kappa shape index (κ2) is 6.44. The zero-order valence-corrected chi connectivity index (χ0v) is 12.4. The molecule has 1 aromatic carbocycles.